The fourth-order valence-electron chi connectivity index (χ4n) is 3.41. The minimum Gasteiger partial charge on any atom is -0.494 e. The minimum absolute atomic E-state index is 0.642. The van der Waals surface area contributed by atoms with Crippen LogP contribution in [0.2, 0.25) is 0 Å². The molecule has 0 N–H and O–H groups in total. The van der Waals surface area contributed by atoms with Gasteiger partial charge in [-0.3, -0.25) is 0 Å². The van der Waals surface area contributed by atoms with E-state index in [1.165, 1.54) is 0 Å². The second-order valence-electron chi connectivity index (χ2n) is 6.94. The van der Waals surface area contributed by atoms with Gasteiger partial charge in [-0.05, 0) is 61.7 Å². The van der Waals surface area contributed by atoms with Crippen molar-refractivity contribution in [2.75, 3.05) is 6.61 Å². The van der Waals surface area contributed by atoms with E-state index in [-0.39, 0.29) is 0 Å². The van der Waals surface area contributed by atoms with E-state index < -0.39 is 0 Å². The first kappa shape index (κ1) is 19.7. The van der Waals surface area contributed by atoms with Crippen LogP contribution in [0.25, 0.3) is 32.9 Å². The molecule has 3 heterocycles. The molecule has 0 bridgehead atoms. The maximum atomic E-state index is 6.20. The van der Waals surface area contributed by atoms with Crippen molar-refractivity contribution in [1.29, 1.82) is 0 Å². The first-order valence-corrected chi connectivity index (χ1v) is 11.7. The molecule has 2 aromatic carbocycles. The zero-order valence-corrected chi connectivity index (χ0v) is 18.8. The highest BCUT2D eigenvalue weighted by atomic mass is 32.1. The lowest BCUT2D eigenvalue weighted by molar-refractivity contribution is 0.340. The number of hydrogen-bond donors (Lipinski definition) is 0. The number of hydrogen-bond acceptors (Lipinski definition) is 6. The topological polar surface area (TPSA) is 47.6 Å². The normalized spacial score (nSPS) is 11.9. The lowest BCUT2D eigenvalue weighted by Crippen LogP contribution is -2.03. The Morgan fingerprint density at radius 3 is 2.65 bits per heavy atom. The molecule has 3 aromatic heterocycles. The fraction of sp³-hybridized carbons (Fsp3) is 0.120. The Bertz CT molecular complexity index is 1400. The maximum Gasteiger partial charge on any atom is 0.210 e. The van der Waals surface area contributed by atoms with E-state index in [0.29, 0.717) is 6.61 Å². The molecule has 0 atom stereocenters. The summed E-state index contributed by atoms with van der Waals surface area (Å²) in [5.41, 5.74) is 2.77. The Labute approximate surface area is 188 Å². The third-order valence-corrected chi connectivity index (χ3v) is 6.60. The predicted molar refractivity (Wildman–Crippen MR) is 128 cm³/mol. The van der Waals surface area contributed by atoms with Crippen LogP contribution in [-0.4, -0.2) is 11.6 Å². The van der Waals surface area contributed by atoms with Crippen molar-refractivity contribution in [2.24, 2.45) is 4.99 Å². The zero-order chi connectivity index (χ0) is 21.2. The van der Waals surface area contributed by atoms with Crippen LogP contribution in [0.3, 0.4) is 0 Å². The van der Waals surface area contributed by atoms with Gasteiger partial charge in [0.15, 0.2) is 0 Å². The molecular weight excluding hydrogens is 424 g/mol. The number of para-hydroxylation sites is 1. The minimum atomic E-state index is 0.642. The number of thiophene rings is 1. The van der Waals surface area contributed by atoms with Crippen molar-refractivity contribution < 1.29 is 9.15 Å². The molecule has 5 rings (SSSR count). The van der Waals surface area contributed by atoms with Gasteiger partial charge in [0.2, 0.25) is 5.13 Å². The number of fused-ring (bicyclic) bond motifs is 1. The summed E-state index contributed by atoms with van der Waals surface area (Å²) in [6.45, 7) is 4.71. The lowest BCUT2D eigenvalue weighted by Gasteiger charge is -2.06. The SMILES string of the molecule is CCOc1ccc(-c2cc(=Nc3nc(-c4cccs4)c(C)s3)c3ccccc3o2)cc1. The molecule has 0 aliphatic rings. The molecule has 0 radical (unpaired) electrons. The zero-order valence-electron chi connectivity index (χ0n) is 17.2. The average Bonchev–Trinajstić information content (AvgIpc) is 3.44. The van der Waals surface area contributed by atoms with Crippen molar-refractivity contribution in [3.05, 3.63) is 82.3 Å². The predicted octanol–water partition coefficient (Wildman–Crippen LogP) is 7.22. The van der Waals surface area contributed by atoms with Crippen molar-refractivity contribution in [2.45, 2.75) is 13.8 Å². The van der Waals surface area contributed by atoms with Crippen molar-refractivity contribution in [3.8, 4) is 27.6 Å². The van der Waals surface area contributed by atoms with Crippen molar-refractivity contribution in [1.82, 2.24) is 4.98 Å². The highest BCUT2D eigenvalue weighted by Crippen LogP contribution is 2.34. The van der Waals surface area contributed by atoms with Crippen LogP contribution in [-0.2, 0) is 0 Å². The summed E-state index contributed by atoms with van der Waals surface area (Å²) in [5.74, 6) is 1.60. The van der Waals surface area contributed by atoms with Crippen molar-refractivity contribution in [3.63, 3.8) is 0 Å². The van der Waals surface area contributed by atoms with E-state index in [9.17, 15) is 0 Å². The van der Waals surface area contributed by atoms with Gasteiger partial charge < -0.3 is 9.15 Å². The molecular formula is C25H20N2O2S2. The van der Waals surface area contributed by atoms with Crippen LogP contribution in [0, 0.1) is 6.92 Å². The maximum absolute atomic E-state index is 6.20. The molecule has 0 saturated heterocycles. The molecule has 5 aromatic rings. The van der Waals surface area contributed by atoms with Crippen LogP contribution in [0.4, 0.5) is 5.13 Å². The first-order valence-electron chi connectivity index (χ1n) is 10.0. The summed E-state index contributed by atoms with van der Waals surface area (Å²) in [4.78, 5) is 12.1. The largest absolute Gasteiger partial charge is 0.494 e. The summed E-state index contributed by atoms with van der Waals surface area (Å²) in [6, 6.07) is 22.0. The molecule has 0 saturated carbocycles. The number of thiazole rings is 1. The summed E-state index contributed by atoms with van der Waals surface area (Å²) in [5, 5.41) is 4.62. The molecule has 31 heavy (non-hydrogen) atoms. The molecule has 6 heteroatoms. The molecule has 0 spiro atoms. The van der Waals surface area contributed by atoms with Gasteiger partial charge in [-0.2, -0.15) is 0 Å². The van der Waals surface area contributed by atoms with Gasteiger partial charge in [-0.1, -0.05) is 29.5 Å². The Balaban J connectivity index is 1.64. The van der Waals surface area contributed by atoms with Crippen LogP contribution in [0.1, 0.15) is 11.8 Å². The summed E-state index contributed by atoms with van der Waals surface area (Å²) in [7, 11) is 0. The second kappa shape index (κ2) is 8.49. The lowest BCUT2D eigenvalue weighted by atomic mass is 10.1. The van der Waals surface area contributed by atoms with Gasteiger partial charge in [0.05, 0.1) is 22.5 Å². The number of ether oxygens (including phenoxy) is 1. The quantitative estimate of drug-likeness (QED) is 0.287. The number of benzene rings is 2. The Morgan fingerprint density at radius 2 is 1.87 bits per heavy atom. The van der Waals surface area contributed by atoms with E-state index in [2.05, 4.69) is 18.4 Å². The summed E-state index contributed by atoms with van der Waals surface area (Å²) >= 11 is 3.30. The molecule has 0 amide bonds. The van der Waals surface area contributed by atoms with Crippen LogP contribution in [0.5, 0.6) is 5.75 Å². The van der Waals surface area contributed by atoms with E-state index in [1.54, 1.807) is 22.7 Å². The summed E-state index contributed by atoms with van der Waals surface area (Å²) in [6.07, 6.45) is 0. The number of aromatic nitrogens is 1. The van der Waals surface area contributed by atoms with Gasteiger partial charge >= 0.3 is 0 Å². The molecule has 0 aliphatic carbocycles. The van der Waals surface area contributed by atoms with Gasteiger partial charge in [-0.15, -0.1) is 11.3 Å². The van der Waals surface area contributed by atoms with E-state index in [4.69, 9.17) is 19.1 Å². The Hall–Kier alpha value is -3.22. The van der Waals surface area contributed by atoms with Gasteiger partial charge in [0.25, 0.3) is 0 Å². The van der Waals surface area contributed by atoms with Gasteiger partial charge in [-0.25, -0.2) is 9.98 Å². The molecule has 0 aliphatic heterocycles. The Kier molecular flexibility index (Phi) is 5.40. The number of nitrogens with zero attached hydrogens (tertiary/aromatic N) is 2. The highest BCUT2D eigenvalue weighted by molar-refractivity contribution is 7.17. The van der Waals surface area contributed by atoms with Gasteiger partial charge in [0, 0.05) is 21.9 Å². The first-order chi connectivity index (χ1) is 15.2. The highest BCUT2D eigenvalue weighted by Gasteiger charge is 2.11. The standard InChI is InChI=1S/C25H20N2O2S2/c1-3-28-18-12-10-17(11-13-18)22-15-20(19-7-4-5-8-21(19)29-22)26-25-27-24(16(2)31-25)23-9-6-14-30-23/h4-15H,3H2,1-2H3. The van der Waals surface area contributed by atoms with Crippen LogP contribution < -0.4 is 10.1 Å². The van der Waals surface area contributed by atoms with Gasteiger partial charge in [0.1, 0.15) is 17.1 Å². The second-order valence-corrected chi connectivity index (χ2v) is 9.07. The number of aryl methyl sites for hydroxylation is 1. The molecule has 0 fully saturated rings. The monoisotopic (exact) mass is 444 g/mol. The van der Waals surface area contributed by atoms with Crippen LogP contribution in [0.15, 0.2) is 81.5 Å². The van der Waals surface area contributed by atoms with E-state index >= 15 is 0 Å². The summed E-state index contributed by atoms with van der Waals surface area (Å²) < 4.78 is 11.8. The molecule has 0 unspecified atom stereocenters. The average molecular weight is 445 g/mol. The van der Waals surface area contributed by atoms with Crippen molar-refractivity contribution >= 4 is 38.8 Å². The number of rotatable bonds is 5. The third-order valence-electron chi connectivity index (χ3n) is 4.86. The van der Waals surface area contributed by atoms with Crippen LogP contribution >= 0.6 is 22.7 Å². The third kappa shape index (κ3) is 4.04. The molecule has 4 nitrogen and oxygen atoms in total. The Morgan fingerprint density at radius 1 is 1.03 bits per heavy atom. The van der Waals surface area contributed by atoms with E-state index in [1.807, 2.05) is 67.6 Å². The fourth-order valence-corrected chi connectivity index (χ4v) is 5.05. The molecule has 154 valence electrons. The van der Waals surface area contributed by atoms with E-state index in [0.717, 1.165) is 54.0 Å². The smallest absolute Gasteiger partial charge is 0.210 e.